The van der Waals surface area contributed by atoms with Crippen molar-refractivity contribution in [2.75, 3.05) is 6.54 Å². The lowest BCUT2D eigenvalue weighted by Crippen LogP contribution is -2.65. The minimum atomic E-state index is -1.29. The largest absolute Gasteiger partial charge is 0.358 e. The fourth-order valence-electron chi connectivity index (χ4n) is 6.68. The summed E-state index contributed by atoms with van der Waals surface area (Å²) in [6.45, 7) is 12.4. The molecule has 0 spiro atoms. The van der Waals surface area contributed by atoms with E-state index in [1.807, 2.05) is 0 Å². The van der Waals surface area contributed by atoms with E-state index >= 15 is 0 Å². The summed E-state index contributed by atoms with van der Waals surface area (Å²) >= 11 is 0. The van der Waals surface area contributed by atoms with Crippen LogP contribution in [0.25, 0.3) is 32.3 Å². The second-order valence-electron chi connectivity index (χ2n) is 11.6. The molecule has 6 rings (SSSR count). The van der Waals surface area contributed by atoms with Gasteiger partial charge in [0.2, 0.25) is 0 Å². The van der Waals surface area contributed by atoms with E-state index in [-0.39, 0.29) is 0 Å². The van der Waals surface area contributed by atoms with E-state index in [1.54, 1.807) is 0 Å². The lowest BCUT2D eigenvalue weighted by atomic mass is 9.16. The Hall–Kier alpha value is -3.88. The molecule has 0 unspecified atom stereocenters. The van der Waals surface area contributed by atoms with Crippen molar-refractivity contribution in [1.29, 1.82) is 0 Å². The second kappa shape index (κ2) is 11.7. The average molecular weight is 524 g/mol. The number of fused-ring (bicyclic) bond motifs is 3. The van der Waals surface area contributed by atoms with Crippen molar-refractivity contribution in [3.05, 3.63) is 126 Å². The standard InChI is InChI=1S/C34H30B.C4H11N/c1-23-17-20-32(29-14-8-5-11-26(23)29)35(4,33-21-18-24(2)27-12-6-9-15-30(27)33)34-22-19-25(3)28-13-7-10-16-31(28)34;1-2-3-4-5/h5-22H,1-4H3;2-5H2,1H3/q-1;/p+1. The Morgan fingerprint density at radius 1 is 0.475 bits per heavy atom. The summed E-state index contributed by atoms with van der Waals surface area (Å²) in [6.07, 6.45) is 1.27. The lowest BCUT2D eigenvalue weighted by Gasteiger charge is -2.42. The van der Waals surface area contributed by atoms with Crippen molar-refractivity contribution in [3.63, 3.8) is 0 Å². The van der Waals surface area contributed by atoms with Crippen LogP contribution >= 0.6 is 0 Å². The number of benzene rings is 6. The molecule has 0 aromatic heterocycles. The summed E-state index contributed by atoms with van der Waals surface area (Å²) in [5.41, 5.74) is 11.9. The van der Waals surface area contributed by atoms with Crippen LogP contribution in [0.1, 0.15) is 36.5 Å². The number of aryl methyl sites for hydroxylation is 3. The fraction of sp³-hybridized carbons (Fsp3) is 0.211. The van der Waals surface area contributed by atoms with Gasteiger partial charge in [-0.15, -0.1) is 0 Å². The van der Waals surface area contributed by atoms with Gasteiger partial charge >= 0.3 is 0 Å². The molecule has 202 valence electrons. The van der Waals surface area contributed by atoms with Gasteiger partial charge in [-0.25, -0.2) is 0 Å². The summed E-state index contributed by atoms with van der Waals surface area (Å²) in [4.78, 5) is 0. The van der Waals surface area contributed by atoms with Crippen molar-refractivity contribution in [1.82, 2.24) is 0 Å². The van der Waals surface area contributed by atoms with Crippen LogP contribution in [-0.4, -0.2) is 12.7 Å². The molecule has 6 aromatic rings. The van der Waals surface area contributed by atoms with Gasteiger partial charge in [-0.3, -0.25) is 0 Å². The van der Waals surface area contributed by atoms with Gasteiger partial charge in [0.15, 0.2) is 0 Å². The Labute approximate surface area is 240 Å². The lowest BCUT2D eigenvalue weighted by molar-refractivity contribution is -0.368. The molecular weight excluding hydrogens is 481 g/mol. The van der Waals surface area contributed by atoms with Crippen molar-refractivity contribution in [2.45, 2.75) is 47.4 Å². The van der Waals surface area contributed by atoms with Crippen LogP contribution in [0.5, 0.6) is 0 Å². The third-order valence-corrected chi connectivity index (χ3v) is 9.00. The van der Waals surface area contributed by atoms with Crippen LogP contribution in [0, 0.1) is 20.8 Å². The zero-order valence-corrected chi connectivity index (χ0v) is 24.8. The number of hydrogen-bond acceptors (Lipinski definition) is 0. The van der Waals surface area contributed by atoms with E-state index < -0.39 is 6.15 Å². The third-order valence-electron chi connectivity index (χ3n) is 9.00. The van der Waals surface area contributed by atoms with Crippen molar-refractivity contribution in [3.8, 4) is 0 Å². The maximum absolute atomic E-state index is 3.68. The molecule has 0 aliphatic rings. The first-order valence-electron chi connectivity index (χ1n) is 14.9. The smallest absolute Gasteiger partial charge is 0.0810 e. The van der Waals surface area contributed by atoms with Gasteiger partial charge in [-0.05, 0) is 60.0 Å². The van der Waals surface area contributed by atoms with Crippen molar-refractivity contribution < 1.29 is 5.73 Å². The molecule has 0 aliphatic carbocycles. The van der Waals surface area contributed by atoms with E-state index in [4.69, 9.17) is 0 Å². The molecule has 0 amide bonds. The summed E-state index contributed by atoms with van der Waals surface area (Å²) in [5.74, 6) is 0. The average Bonchev–Trinajstić information content (AvgIpc) is 2.98. The van der Waals surface area contributed by atoms with Crippen LogP contribution in [-0.2, 0) is 0 Å². The Bertz CT molecular complexity index is 1590. The number of rotatable bonds is 5. The molecule has 0 fully saturated rings. The Morgan fingerprint density at radius 3 is 1.02 bits per heavy atom. The topological polar surface area (TPSA) is 27.6 Å². The Morgan fingerprint density at radius 2 is 0.775 bits per heavy atom. The molecule has 0 radical (unpaired) electrons. The minimum absolute atomic E-state index is 1.09. The highest BCUT2D eigenvalue weighted by atomic mass is 14.5. The van der Waals surface area contributed by atoms with Gasteiger partial charge in [0.05, 0.1) is 12.7 Å². The molecule has 0 heterocycles. The first-order chi connectivity index (χ1) is 19.4. The van der Waals surface area contributed by atoms with Crippen LogP contribution in [0.15, 0.2) is 109 Å². The van der Waals surface area contributed by atoms with Gasteiger partial charge < -0.3 is 5.73 Å². The quantitative estimate of drug-likeness (QED) is 0.232. The zero-order valence-electron chi connectivity index (χ0n) is 24.8. The highest BCUT2D eigenvalue weighted by Gasteiger charge is 2.29. The van der Waals surface area contributed by atoms with Gasteiger partial charge in [0.1, 0.15) is 0 Å². The minimum Gasteiger partial charge on any atom is -0.358 e. The first-order valence-corrected chi connectivity index (χ1v) is 14.9. The van der Waals surface area contributed by atoms with E-state index in [2.05, 4.69) is 149 Å². The predicted octanol–water partition coefficient (Wildman–Crippen LogP) is 7.20. The summed E-state index contributed by atoms with van der Waals surface area (Å²) in [6, 6.07) is 40.9. The van der Waals surface area contributed by atoms with Gasteiger partial charge in [-0.2, -0.15) is 23.2 Å². The van der Waals surface area contributed by atoms with Crippen LogP contribution in [0.2, 0.25) is 6.82 Å². The van der Waals surface area contributed by atoms with Gasteiger partial charge in [0.25, 0.3) is 0 Å². The van der Waals surface area contributed by atoms with E-state index in [9.17, 15) is 0 Å². The fourth-order valence-corrected chi connectivity index (χ4v) is 6.68. The maximum atomic E-state index is 3.68. The normalized spacial score (nSPS) is 11.6. The van der Waals surface area contributed by atoms with Crippen molar-refractivity contribution in [2.24, 2.45) is 0 Å². The molecule has 3 N–H and O–H groups in total. The van der Waals surface area contributed by atoms with Crippen molar-refractivity contribution >= 4 is 54.9 Å². The van der Waals surface area contributed by atoms with Crippen LogP contribution < -0.4 is 22.1 Å². The van der Waals surface area contributed by atoms with Gasteiger partial charge in [-0.1, -0.05) is 139 Å². The maximum Gasteiger partial charge on any atom is 0.0810 e. The molecule has 6 aromatic carbocycles. The van der Waals surface area contributed by atoms with Crippen LogP contribution in [0.3, 0.4) is 0 Å². The molecule has 1 nitrogen and oxygen atoms in total. The summed E-state index contributed by atoms with van der Waals surface area (Å²) < 4.78 is 0. The highest BCUT2D eigenvalue weighted by Crippen LogP contribution is 2.26. The molecule has 0 atom stereocenters. The Balaban J connectivity index is 0.000000595. The molecular formula is C38H42BN. The van der Waals surface area contributed by atoms with E-state index in [1.165, 1.54) is 78.2 Å². The highest BCUT2D eigenvalue weighted by molar-refractivity contribution is 7.13. The molecule has 40 heavy (non-hydrogen) atoms. The first kappa shape index (κ1) is 27.7. The summed E-state index contributed by atoms with van der Waals surface area (Å²) in [7, 11) is 0. The molecule has 0 bridgehead atoms. The van der Waals surface area contributed by atoms with Crippen LogP contribution in [0.4, 0.5) is 0 Å². The molecule has 0 aliphatic heterocycles. The second-order valence-corrected chi connectivity index (χ2v) is 11.6. The third kappa shape index (κ3) is 4.82. The number of quaternary nitrogens is 1. The Kier molecular flexibility index (Phi) is 8.10. The molecule has 2 heteroatoms. The summed E-state index contributed by atoms with van der Waals surface area (Å²) in [5, 5.41) is 8.07. The van der Waals surface area contributed by atoms with Gasteiger partial charge in [0, 0.05) is 0 Å². The predicted molar refractivity (Wildman–Crippen MR) is 179 cm³/mol. The number of unbranched alkanes of at least 4 members (excludes halogenated alkanes) is 1. The molecule has 0 saturated heterocycles. The number of hydrogen-bond donors (Lipinski definition) is 1. The monoisotopic (exact) mass is 523 g/mol. The van der Waals surface area contributed by atoms with E-state index in [0.717, 1.165) is 6.54 Å². The zero-order chi connectivity index (χ0) is 28.3. The SMILES string of the molecule is CCCC[NH3+].Cc1ccc([B-](C)(c2ccc(C)c3ccccc23)c2ccc(C)c3ccccc23)c2ccccc12. The molecule has 0 saturated carbocycles. The van der Waals surface area contributed by atoms with E-state index in [0.29, 0.717) is 0 Å².